The summed E-state index contributed by atoms with van der Waals surface area (Å²) in [6, 6.07) is 0. The van der Waals surface area contributed by atoms with Crippen molar-refractivity contribution in [1.29, 1.82) is 0 Å². The largest absolute Gasteiger partial charge is 0.393 e. The van der Waals surface area contributed by atoms with Crippen molar-refractivity contribution < 1.29 is 9.90 Å². The van der Waals surface area contributed by atoms with Gasteiger partial charge in [-0.3, -0.25) is 4.79 Å². The maximum absolute atomic E-state index is 12.8. The Kier molecular flexibility index (Phi) is 3.76. The van der Waals surface area contributed by atoms with Crippen molar-refractivity contribution in [2.45, 2.75) is 51.6 Å². The van der Waals surface area contributed by atoms with Crippen LogP contribution in [-0.4, -0.2) is 42.0 Å². The molecular weight excluding hydrogens is 250 g/mol. The van der Waals surface area contributed by atoms with Gasteiger partial charge in [0.05, 0.1) is 6.10 Å². The fourth-order valence-electron chi connectivity index (χ4n) is 5.06. The average Bonchev–Trinajstić information content (AvgIpc) is 2.67. The maximum Gasteiger partial charge on any atom is 0.162 e. The van der Waals surface area contributed by atoms with Gasteiger partial charge in [0.15, 0.2) is 5.78 Å². The van der Waals surface area contributed by atoms with E-state index in [0.29, 0.717) is 11.7 Å². The Bertz CT molecular complexity index is 431. The van der Waals surface area contributed by atoms with Crippen LogP contribution in [0.25, 0.3) is 0 Å². The van der Waals surface area contributed by atoms with Crippen LogP contribution in [0.4, 0.5) is 0 Å². The predicted molar refractivity (Wildman–Crippen MR) is 79.4 cm³/mol. The lowest BCUT2D eigenvalue weighted by Gasteiger charge is -2.41. The van der Waals surface area contributed by atoms with Crippen LogP contribution in [0, 0.1) is 17.3 Å². The van der Waals surface area contributed by atoms with Gasteiger partial charge in [-0.1, -0.05) is 5.57 Å². The quantitative estimate of drug-likeness (QED) is 0.739. The molecule has 3 heteroatoms. The Morgan fingerprint density at radius 3 is 2.90 bits per heavy atom. The topological polar surface area (TPSA) is 40.5 Å². The van der Waals surface area contributed by atoms with Gasteiger partial charge in [0, 0.05) is 5.41 Å². The summed E-state index contributed by atoms with van der Waals surface area (Å²) >= 11 is 0. The maximum atomic E-state index is 12.8. The van der Waals surface area contributed by atoms with Crippen LogP contribution in [0.3, 0.4) is 0 Å². The van der Waals surface area contributed by atoms with Crippen LogP contribution in [0.5, 0.6) is 0 Å². The summed E-state index contributed by atoms with van der Waals surface area (Å²) in [5.74, 6) is 0.886. The first-order valence-electron chi connectivity index (χ1n) is 8.12. The number of nitrogens with zero attached hydrogens (tertiary/aromatic N) is 1. The second-order valence-corrected chi connectivity index (χ2v) is 7.25. The molecule has 3 aliphatic rings. The van der Waals surface area contributed by atoms with E-state index >= 15 is 0 Å². The molecule has 4 atom stereocenters. The number of carbonyl (C=O) groups is 1. The Morgan fingerprint density at radius 2 is 2.10 bits per heavy atom. The molecule has 1 heterocycles. The molecule has 112 valence electrons. The van der Waals surface area contributed by atoms with Crippen molar-refractivity contribution in [2.75, 3.05) is 20.1 Å². The number of aliphatic hydroxyl groups is 1. The Morgan fingerprint density at radius 1 is 1.35 bits per heavy atom. The van der Waals surface area contributed by atoms with Gasteiger partial charge in [-0.05, 0) is 83.5 Å². The molecule has 0 aromatic heterocycles. The SMILES string of the molecule is CC1=CC(=O)[C@]23CCCN(C)CCC[C@H]2[C@H](O)C[C@@H]3C1. The van der Waals surface area contributed by atoms with Gasteiger partial charge in [-0.25, -0.2) is 0 Å². The molecule has 1 saturated carbocycles. The minimum atomic E-state index is -0.272. The van der Waals surface area contributed by atoms with E-state index in [1.165, 1.54) is 5.57 Å². The molecule has 1 aliphatic heterocycles. The van der Waals surface area contributed by atoms with Gasteiger partial charge < -0.3 is 10.0 Å². The highest BCUT2D eigenvalue weighted by molar-refractivity contribution is 5.97. The molecule has 3 nitrogen and oxygen atoms in total. The zero-order valence-corrected chi connectivity index (χ0v) is 12.8. The average molecular weight is 277 g/mol. The third-order valence-electron chi connectivity index (χ3n) is 5.97. The summed E-state index contributed by atoms with van der Waals surface area (Å²) in [5, 5.41) is 10.5. The summed E-state index contributed by atoms with van der Waals surface area (Å²) in [6.45, 7) is 4.23. The van der Waals surface area contributed by atoms with Crippen LogP contribution in [0.2, 0.25) is 0 Å². The first-order chi connectivity index (χ1) is 9.54. The van der Waals surface area contributed by atoms with Gasteiger partial charge in [-0.15, -0.1) is 0 Å². The molecule has 0 bridgehead atoms. The number of carbonyl (C=O) groups excluding carboxylic acids is 1. The number of ketones is 1. The van der Waals surface area contributed by atoms with E-state index in [2.05, 4.69) is 18.9 Å². The van der Waals surface area contributed by atoms with E-state index in [-0.39, 0.29) is 17.4 Å². The molecule has 0 aromatic rings. The minimum absolute atomic E-state index is 0.191. The van der Waals surface area contributed by atoms with Gasteiger partial charge in [-0.2, -0.15) is 0 Å². The molecule has 2 fully saturated rings. The van der Waals surface area contributed by atoms with Crippen molar-refractivity contribution in [2.24, 2.45) is 17.3 Å². The van der Waals surface area contributed by atoms with Crippen molar-refractivity contribution in [1.82, 2.24) is 4.90 Å². The molecule has 0 unspecified atom stereocenters. The van der Waals surface area contributed by atoms with Gasteiger partial charge in [0.1, 0.15) is 0 Å². The standard InChI is InChI=1S/C17H27NO2/c1-12-9-13-11-15(19)14-5-3-7-18(2)8-4-6-17(13,14)16(20)10-12/h10,13-15,19H,3-9,11H2,1-2H3/t13-,14-,15+,17-/m0/s1. The zero-order valence-electron chi connectivity index (χ0n) is 12.8. The first kappa shape index (κ1) is 14.3. The van der Waals surface area contributed by atoms with Crippen LogP contribution in [-0.2, 0) is 4.79 Å². The van der Waals surface area contributed by atoms with Crippen LogP contribution >= 0.6 is 0 Å². The van der Waals surface area contributed by atoms with Crippen molar-refractivity contribution >= 4 is 5.78 Å². The lowest BCUT2D eigenvalue weighted by molar-refractivity contribution is -0.131. The lowest BCUT2D eigenvalue weighted by Crippen LogP contribution is -2.43. The lowest BCUT2D eigenvalue weighted by atomic mass is 9.61. The Hall–Kier alpha value is -0.670. The molecule has 3 rings (SSSR count). The summed E-state index contributed by atoms with van der Waals surface area (Å²) in [6.07, 6.45) is 7.59. The highest BCUT2D eigenvalue weighted by Crippen LogP contribution is 2.57. The molecule has 1 N–H and O–H groups in total. The first-order valence-corrected chi connectivity index (χ1v) is 8.12. The summed E-state index contributed by atoms with van der Waals surface area (Å²) in [5.41, 5.74) is 0.958. The fourth-order valence-corrected chi connectivity index (χ4v) is 5.06. The number of hydrogen-bond acceptors (Lipinski definition) is 3. The normalized spacial score (nSPS) is 43.0. The highest BCUT2D eigenvalue weighted by Gasteiger charge is 2.58. The van der Waals surface area contributed by atoms with Gasteiger partial charge in [0.2, 0.25) is 0 Å². The van der Waals surface area contributed by atoms with Gasteiger partial charge >= 0.3 is 0 Å². The third kappa shape index (κ3) is 2.15. The highest BCUT2D eigenvalue weighted by atomic mass is 16.3. The number of rotatable bonds is 0. The monoisotopic (exact) mass is 277 g/mol. The molecular formula is C17H27NO2. The Balaban J connectivity index is 1.96. The van der Waals surface area contributed by atoms with E-state index in [1.54, 1.807) is 0 Å². The van der Waals surface area contributed by atoms with Gasteiger partial charge in [0.25, 0.3) is 0 Å². The summed E-state index contributed by atoms with van der Waals surface area (Å²) in [7, 11) is 2.17. The zero-order chi connectivity index (χ0) is 14.3. The third-order valence-corrected chi connectivity index (χ3v) is 5.97. The fraction of sp³-hybridized carbons (Fsp3) is 0.824. The molecule has 1 spiro atoms. The smallest absolute Gasteiger partial charge is 0.162 e. The van der Waals surface area contributed by atoms with E-state index in [4.69, 9.17) is 0 Å². The second-order valence-electron chi connectivity index (χ2n) is 7.25. The van der Waals surface area contributed by atoms with Crippen LogP contribution < -0.4 is 0 Å². The minimum Gasteiger partial charge on any atom is -0.393 e. The molecule has 0 amide bonds. The van der Waals surface area contributed by atoms with Crippen molar-refractivity contribution in [3.63, 3.8) is 0 Å². The van der Waals surface area contributed by atoms with E-state index in [0.717, 1.165) is 51.6 Å². The number of allylic oxidation sites excluding steroid dienone is 2. The molecule has 1 saturated heterocycles. The van der Waals surface area contributed by atoms with Crippen molar-refractivity contribution in [3.8, 4) is 0 Å². The predicted octanol–water partition coefficient (Wildman–Crippen LogP) is 2.39. The van der Waals surface area contributed by atoms with Crippen LogP contribution in [0.1, 0.15) is 45.4 Å². The second kappa shape index (κ2) is 5.27. The van der Waals surface area contributed by atoms with Crippen LogP contribution in [0.15, 0.2) is 11.6 Å². The summed E-state index contributed by atoms with van der Waals surface area (Å²) < 4.78 is 0. The van der Waals surface area contributed by atoms with E-state index in [1.807, 2.05) is 6.08 Å². The summed E-state index contributed by atoms with van der Waals surface area (Å²) in [4.78, 5) is 15.2. The Labute approximate surface area is 122 Å². The molecule has 20 heavy (non-hydrogen) atoms. The van der Waals surface area contributed by atoms with E-state index in [9.17, 15) is 9.90 Å². The molecule has 2 aliphatic carbocycles. The molecule has 0 aromatic carbocycles. The number of aliphatic hydroxyl groups excluding tert-OH is 1. The van der Waals surface area contributed by atoms with Crippen molar-refractivity contribution in [3.05, 3.63) is 11.6 Å². The number of hydrogen-bond donors (Lipinski definition) is 1. The van der Waals surface area contributed by atoms with E-state index < -0.39 is 0 Å². The molecule has 0 radical (unpaired) electrons.